The summed E-state index contributed by atoms with van der Waals surface area (Å²) in [5.41, 5.74) is 1.91. The first-order valence-electron chi connectivity index (χ1n) is 6.74. The number of ketones is 1. The maximum absolute atomic E-state index is 12.2. The van der Waals surface area contributed by atoms with Crippen LogP contribution in [0.1, 0.15) is 17.3 Å². The number of amides is 1. The predicted octanol–water partition coefficient (Wildman–Crippen LogP) is 1.38. The highest BCUT2D eigenvalue weighted by Crippen LogP contribution is 2.13. The zero-order chi connectivity index (χ0) is 16.3. The Bertz CT molecular complexity index is 637. The highest BCUT2D eigenvalue weighted by molar-refractivity contribution is 7.80. The molecule has 1 fully saturated rings. The van der Waals surface area contributed by atoms with E-state index in [-0.39, 0.29) is 18.4 Å². The first-order chi connectivity index (χ1) is 10.4. The van der Waals surface area contributed by atoms with E-state index in [1.807, 2.05) is 14.1 Å². The second-order valence-electron chi connectivity index (χ2n) is 5.14. The SMILES string of the molecule is CC(=O)c1ccc(NCN2C(=O)/C(=C/N(C)C)NC2=S)cc1. The molecule has 7 heteroatoms. The lowest BCUT2D eigenvalue weighted by Gasteiger charge is -2.16. The molecule has 116 valence electrons. The van der Waals surface area contributed by atoms with Crippen LogP contribution in [0.15, 0.2) is 36.2 Å². The molecule has 2 N–H and O–H groups in total. The Morgan fingerprint density at radius 1 is 1.36 bits per heavy atom. The van der Waals surface area contributed by atoms with Crippen LogP contribution >= 0.6 is 12.2 Å². The molecule has 0 bridgehead atoms. The molecule has 1 aromatic carbocycles. The topological polar surface area (TPSA) is 64.7 Å². The molecule has 0 saturated carbocycles. The molecular formula is C15H18N4O2S. The number of hydrogen-bond acceptors (Lipinski definition) is 5. The minimum Gasteiger partial charge on any atom is -0.382 e. The quantitative estimate of drug-likeness (QED) is 0.486. The molecule has 1 aliphatic heterocycles. The highest BCUT2D eigenvalue weighted by atomic mass is 32.1. The van der Waals surface area contributed by atoms with Crippen LogP contribution in [0.2, 0.25) is 0 Å². The maximum Gasteiger partial charge on any atom is 0.279 e. The fourth-order valence-electron chi connectivity index (χ4n) is 1.96. The van der Waals surface area contributed by atoms with Gasteiger partial charge in [0.15, 0.2) is 10.9 Å². The standard InChI is InChI=1S/C15H18N4O2S/c1-10(20)11-4-6-12(7-5-11)16-9-19-14(21)13(8-18(2)3)17-15(19)22/h4-8,16H,9H2,1-3H3,(H,17,22)/b13-8-. The number of anilines is 1. The third kappa shape index (κ3) is 3.62. The Morgan fingerprint density at radius 3 is 2.55 bits per heavy atom. The van der Waals surface area contributed by atoms with E-state index in [2.05, 4.69) is 10.6 Å². The molecule has 1 aliphatic rings. The van der Waals surface area contributed by atoms with E-state index in [1.165, 1.54) is 11.8 Å². The summed E-state index contributed by atoms with van der Waals surface area (Å²) in [6.07, 6.45) is 1.69. The van der Waals surface area contributed by atoms with Gasteiger partial charge in [-0.3, -0.25) is 14.5 Å². The molecule has 0 spiro atoms. The molecule has 0 radical (unpaired) electrons. The van der Waals surface area contributed by atoms with Gasteiger partial charge in [0, 0.05) is 31.5 Å². The molecule has 22 heavy (non-hydrogen) atoms. The molecule has 6 nitrogen and oxygen atoms in total. The average Bonchev–Trinajstić information content (AvgIpc) is 2.71. The van der Waals surface area contributed by atoms with Gasteiger partial charge in [0.2, 0.25) is 0 Å². The lowest BCUT2D eigenvalue weighted by atomic mass is 10.1. The second kappa shape index (κ2) is 6.57. The summed E-state index contributed by atoms with van der Waals surface area (Å²) < 4.78 is 0. The second-order valence-corrected chi connectivity index (χ2v) is 5.52. The van der Waals surface area contributed by atoms with Gasteiger partial charge in [-0.25, -0.2) is 0 Å². The van der Waals surface area contributed by atoms with E-state index >= 15 is 0 Å². The summed E-state index contributed by atoms with van der Waals surface area (Å²) >= 11 is 5.17. The van der Waals surface area contributed by atoms with Crippen LogP contribution in [0.4, 0.5) is 5.69 Å². The zero-order valence-electron chi connectivity index (χ0n) is 12.7. The number of Topliss-reactive ketones (excluding diaryl/α,β-unsaturated/α-hetero) is 1. The van der Waals surface area contributed by atoms with Crippen molar-refractivity contribution in [1.29, 1.82) is 0 Å². The highest BCUT2D eigenvalue weighted by Gasteiger charge is 2.30. The van der Waals surface area contributed by atoms with Crippen LogP contribution in [-0.4, -0.2) is 47.4 Å². The molecule has 0 unspecified atom stereocenters. The van der Waals surface area contributed by atoms with Crippen molar-refractivity contribution >= 4 is 34.7 Å². The summed E-state index contributed by atoms with van der Waals surface area (Å²) in [6, 6.07) is 7.07. The normalized spacial score (nSPS) is 16.0. The van der Waals surface area contributed by atoms with Gasteiger partial charge in [0.1, 0.15) is 5.70 Å². The van der Waals surface area contributed by atoms with Crippen molar-refractivity contribution in [3.05, 3.63) is 41.7 Å². The molecule has 2 rings (SSSR count). The number of thiocarbonyl (C=S) groups is 1. The Balaban J connectivity index is 2.01. The molecule has 1 aromatic rings. The van der Waals surface area contributed by atoms with Crippen molar-refractivity contribution in [1.82, 2.24) is 15.1 Å². The summed E-state index contributed by atoms with van der Waals surface area (Å²) in [4.78, 5) is 26.7. The molecular weight excluding hydrogens is 300 g/mol. The van der Waals surface area contributed by atoms with Gasteiger partial charge in [-0.2, -0.15) is 0 Å². The van der Waals surface area contributed by atoms with Gasteiger partial charge in [-0.1, -0.05) is 0 Å². The number of hydrogen-bond donors (Lipinski definition) is 2. The van der Waals surface area contributed by atoms with E-state index in [0.717, 1.165) is 5.69 Å². The third-order valence-electron chi connectivity index (χ3n) is 3.08. The van der Waals surface area contributed by atoms with Gasteiger partial charge in [0.25, 0.3) is 5.91 Å². The van der Waals surface area contributed by atoms with Crippen LogP contribution in [0.25, 0.3) is 0 Å². The van der Waals surface area contributed by atoms with Gasteiger partial charge >= 0.3 is 0 Å². The molecule has 1 heterocycles. The Hall–Kier alpha value is -2.41. The minimum absolute atomic E-state index is 0.0186. The lowest BCUT2D eigenvalue weighted by molar-refractivity contribution is -0.122. The van der Waals surface area contributed by atoms with E-state index < -0.39 is 0 Å². The summed E-state index contributed by atoms with van der Waals surface area (Å²) in [5.74, 6) is -0.156. The zero-order valence-corrected chi connectivity index (χ0v) is 13.5. The molecule has 1 amide bonds. The minimum atomic E-state index is -0.174. The van der Waals surface area contributed by atoms with E-state index in [0.29, 0.717) is 16.4 Å². The molecule has 1 saturated heterocycles. The smallest absolute Gasteiger partial charge is 0.279 e. The van der Waals surface area contributed by atoms with E-state index in [4.69, 9.17) is 12.2 Å². The van der Waals surface area contributed by atoms with Crippen LogP contribution in [0, 0.1) is 0 Å². The summed E-state index contributed by atoms with van der Waals surface area (Å²) in [5, 5.41) is 6.37. The van der Waals surface area contributed by atoms with Crippen LogP contribution in [0.5, 0.6) is 0 Å². The number of nitrogens with one attached hydrogen (secondary N) is 2. The van der Waals surface area contributed by atoms with Gasteiger partial charge in [-0.05, 0) is 43.4 Å². The van der Waals surface area contributed by atoms with Crippen molar-refractivity contribution in [2.75, 3.05) is 26.1 Å². The Labute approximate surface area is 134 Å². The van der Waals surface area contributed by atoms with Gasteiger partial charge in [-0.15, -0.1) is 0 Å². The number of carbonyl (C=O) groups excluding carboxylic acids is 2. The fourth-order valence-corrected chi connectivity index (χ4v) is 2.21. The predicted molar refractivity (Wildman–Crippen MR) is 89.3 cm³/mol. The number of carbonyl (C=O) groups is 2. The molecule has 0 aliphatic carbocycles. The van der Waals surface area contributed by atoms with Crippen LogP contribution in [0.3, 0.4) is 0 Å². The van der Waals surface area contributed by atoms with Crippen molar-refractivity contribution in [3.63, 3.8) is 0 Å². The van der Waals surface area contributed by atoms with Crippen molar-refractivity contribution < 1.29 is 9.59 Å². The monoisotopic (exact) mass is 318 g/mol. The average molecular weight is 318 g/mol. The van der Waals surface area contributed by atoms with Crippen molar-refractivity contribution in [2.45, 2.75) is 6.92 Å². The summed E-state index contributed by atoms with van der Waals surface area (Å²) in [6.45, 7) is 1.78. The number of nitrogens with zero attached hydrogens (tertiary/aromatic N) is 2. The number of rotatable bonds is 5. The van der Waals surface area contributed by atoms with E-state index in [1.54, 1.807) is 35.4 Å². The maximum atomic E-state index is 12.2. The van der Waals surface area contributed by atoms with Crippen molar-refractivity contribution in [2.24, 2.45) is 0 Å². The first-order valence-corrected chi connectivity index (χ1v) is 7.15. The Kier molecular flexibility index (Phi) is 4.77. The first kappa shape index (κ1) is 16.0. The summed E-state index contributed by atoms with van der Waals surface area (Å²) in [7, 11) is 3.67. The third-order valence-corrected chi connectivity index (χ3v) is 3.40. The molecule has 0 aromatic heterocycles. The van der Waals surface area contributed by atoms with E-state index in [9.17, 15) is 9.59 Å². The van der Waals surface area contributed by atoms with Crippen LogP contribution in [-0.2, 0) is 4.79 Å². The number of benzene rings is 1. The molecule has 0 atom stereocenters. The van der Waals surface area contributed by atoms with Crippen LogP contribution < -0.4 is 10.6 Å². The Morgan fingerprint density at radius 2 is 2.00 bits per heavy atom. The lowest BCUT2D eigenvalue weighted by Crippen LogP contribution is -2.35. The largest absolute Gasteiger partial charge is 0.382 e. The van der Waals surface area contributed by atoms with Crippen molar-refractivity contribution in [3.8, 4) is 0 Å². The van der Waals surface area contributed by atoms with Gasteiger partial charge in [0.05, 0.1) is 6.67 Å². The fraction of sp³-hybridized carbons (Fsp3) is 0.267. The van der Waals surface area contributed by atoms with Gasteiger partial charge < -0.3 is 15.5 Å².